The van der Waals surface area contributed by atoms with Crippen LogP contribution >= 0.6 is 0 Å². The van der Waals surface area contributed by atoms with Crippen LogP contribution in [0.25, 0.3) is 0 Å². The van der Waals surface area contributed by atoms with Crippen LogP contribution in [0.3, 0.4) is 0 Å². The number of hydrogen-bond acceptors (Lipinski definition) is 4. The van der Waals surface area contributed by atoms with Crippen molar-refractivity contribution in [3.05, 3.63) is 65.5 Å². The highest BCUT2D eigenvalue weighted by molar-refractivity contribution is 5.94. The van der Waals surface area contributed by atoms with E-state index in [0.29, 0.717) is 18.1 Å². The smallest absolute Gasteiger partial charge is 0.251 e. The van der Waals surface area contributed by atoms with Crippen LogP contribution < -0.4 is 5.32 Å². The highest BCUT2D eigenvalue weighted by atomic mass is 16.5. The van der Waals surface area contributed by atoms with Gasteiger partial charge in [-0.15, -0.1) is 0 Å². The summed E-state index contributed by atoms with van der Waals surface area (Å²) >= 11 is 0. The molecule has 0 radical (unpaired) electrons. The first-order chi connectivity index (χ1) is 12.2. The van der Waals surface area contributed by atoms with Gasteiger partial charge in [-0.2, -0.15) is 0 Å². The first-order valence-corrected chi connectivity index (χ1v) is 8.61. The van der Waals surface area contributed by atoms with Gasteiger partial charge in [-0.25, -0.2) is 0 Å². The fraction of sp³-hybridized carbons (Fsp3) is 0.400. The predicted molar refractivity (Wildman–Crippen MR) is 95.1 cm³/mol. The third-order valence-electron chi connectivity index (χ3n) is 4.74. The molecule has 3 rings (SSSR count). The lowest BCUT2D eigenvalue weighted by molar-refractivity contribution is 0.0239. The van der Waals surface area contributed by atoms with Gasteiger partial charge >= 0.3 is 0 Å². The highest BCUT2D eigenvalue weighted by Gasteiger charge is 2.34. The van der Waals surface area contributed by atoms with E-state index in [1.54, 1.807) is 19.5 Å². The van der Waals surface area contributed by atoms with Gasteiger partial charge < -0.3 is 15.2 Å². The van der Waals surface area contributed by atoms with Crippen molar-refractivity contribution in [3.8, 4) is 0 Å². The summed E-state index contributed by atoms with van der Waals surface area (Å²) in [4.78, 5) is 16.7. The number of carbonyl (C=O) groups is 1. The maximum Gasteiger partial charge on any atom is 0.251 e. The lowest BCUT2D eigenvalue weighted by Crippen LogP contribution is -2.48. The number of hydrogen-bond donors (Lipinski definition) is 2. The third kappa shape index (κ3) is 4.65. The second kappa shape index (κ2) is 8.23. The quantitative estimate of drug-likeness (QED) is 0.811. The van der Waals surface area contributed by atoms with E-state index in [1.807, 2.05) is 36.4 Å². The van der Waals surface area contributed by atoms with Gasteiger partial charge in [-0.3, -0.25) is 9.78 Å². The Morgan fingerprint density at radius 1 is 1.28 bits per heavy atom. The summed E-state index contributed by atoms with van der Waals surface area (Å²) in [5.74, 6) is 0.215. The standard InChI is InChI=1S/C20H24N2O3/c1-25-13-15-3-2-4-16(9-15)20(24)22-19(17-11-18(23)12-17)10-14-5-7-21-8-6-14/h2-9,17-19,23H,10-13H2,1H3,(H,22,24)/t17?,18?,19-/m1/s1. The molecule has 1 aromatic heterocycles. The predicted octanol–water partition coefficient (Wildman–Crippen LogP) is 2.34. The SMILES string of the molecule is COCc1cccc(C(=O)N[C@H](Cc2ccncc2)C2CC(O)C2)c1. The summed E-state index contributed by atoms with van der Waals surface area (Å²) in [7, 11) is 1.64. The molecule has 0 aliphatic heterocycles. The van der Waals surface area contributed by atoms with Crippen LogP contribution in [0.5, 0.6) is 0 Å². The Hall–Kier alpha value is -2.24. The Morgan fingerprint density at radius 3 is 2.72 bits per heavy atom. The van der Waals surface area contributed by atoms with Crippen LogP contribution in [0.1, 0.15) is 34.3 Å². The largest absolute Gasteiger partial charge is 0.393 e. The molecule has 25 heavy (non-hydrogen) atoms. The van der Waals surface area contributed by atoms with Gasteiger partial charge in [0.2, 0.25) is 0 Å². The monoisotopic (exact) mass is 340 g/mol. The molecule has 132 valence electrons. The van der Waals surface area contributed by atoms with Crippen molar-refractivity contribution < 1.29 is 14.6 Å². The molecule has 1 aromatic carbocycles. The van der Waals surface area contributed by atoms with Crippen LogP contribution in [0.2, 0.25) is 0 Å². The van der Waals surface area contributed by atoms with Gasteiger partial charge in [0.25, 0.3) is 5.91 Å². The zero-order valence-corrected chi connectivity index (χ0v) is 14.4. The number of nitrogens with zero attached hydrogens (tertiary/aromatic N) is 1. The second-order valence-electron chi connectivity index (χ2n) is 6.66. The van der Waals surface area contributed by atoms with Crippen molar-refractivity contribution in [2.24, 2.45) is 5.92 Å². The number of rotatable bonds is 7. The highest BCUT2D eigenvalue weighted by Crippen LogP contribution is 2.32. The van der Waals surface area contributed by atoms with Crippen molar-refractivity contribution in [3.63, 3.8) is 0 Å². The van der Waals surface area contributed by atoms with Gasteiger partial charge in [-0.05, 0) is 60.6 Å². The summed E-state index contributed by atoms with van der Waals surface area (Å²) in [5.41, 5.74) is 2.74. The molecule has 5 heteroatoms. The van der Waals surface area contributed by atoms with E-state index < -0.39 is 0 Å². The Morgan fingerprint density at radius 2 is 2.04 bits per heavy atom. The van der Waals surface area contributed by atoms with E-state index in [9.17, 15) is 9.90 Å². The zero-order valence-electron chi connectivity index (χ0n) is 14.4. The Bertz CT molecular complexity index is 699. The second-order valence-corrected chi connectivity index (χ2v) is 6.66. The van der Waals surface area contributed by atoms with Gasteiger partial charge in [0.15, 0.2) is 0 Å². The minimum absolute atomic E-state index is 0.00406. The molecule has 1 atom stereocenters. The summed E-state index contributed by atoms with van der Waals surface area (Å²) in [6.07, 6.45) is 5.49. The van der Waals surface area contributed by atoms with E-state index in [-0.39, 0.29) is 18.1 Å². The van der Waals surface area contributed by atoms with Crippen LogP contribution in [0.4, 0.5) is 0 Å². The molecule has 0 saturated heterocycles. The number of aromatic nitrogens is 1. The average Bonchev–Trinajstić information content (AvgIpc) is 2.60. The number of carbonyl (C=O) groups excluding carboxylic acids is 1. The number of benzene rings is 1. The summed E-state index contributed by atoms with van der Waals surface area (Å²) in [5, 5.41) is 12.8. The topological polar surface area (TPSA) is 71.5 Å². The normalized spacial score (nSPS) is 20.6. The zero-order chi connectivity index (χ0) is 17.6. The molecule has 2 N–H and O–H groups in total. The maximum absolute atomic E-state index is 12.7. The average molecular weight is 340 g/mol. The van der Waals surface area contributed by atoms with Crippen LogP contribution in [-0.2, 0) is 17.8 Å². The van der Waals surface area contributed by atoms with E-state index in [0.717, 1.165) is 30.4 Å². The molecule has 1 amide bonds. The van der Waals surface area contributed by atoms with E-state index in [1.165, 1.54) is 0 Å². The molecule has 1 fully saturated rings. The molecule has 1 saturated carbocycles. The van der Waals surface area contributed by atoms with Crippen LogP contribution in [-0.4, -0.2) is 35.3 Å². The molecular formula is C20H24N2O3. The number of aliphatic hydroxyl groups excluding tert-OH is 1. The van der Waals surface area contributed by atoms with Gasteiger partial charge in [-0.1, -0.05) is 12.1 Å². The fourth-order valence-corrected chi connectivity index (χ4v) is 3.29. The summed E-state index contributed by atoms with van der Waals surface area (Å²) in [6, 6.07) is 11.4. The van der Waals surface area contributed by atoms with Gasteiger partial charge in [0.05, 0.1) is 12.7 Å². The van der Waals surface area contributed by atoms with Crippen molar-refractivity contribution in [1.29, 1.82) is 0 Å². The lowest BCUT2D eigenvalue weighted by Gasteiger charge is -2.38. The van der Waals surface area contributed by atoms with Crippen molar-refractivity contribution in [2.45, 2.75) is 38.0 Å². The molecule has 0 bridgehead atoms. The van der Waals surface area contributed by atoms with Crippen molar-refractivity contribution in [2.75, 3.05) is 7.11 Å². The van der Waals surface area contributed by atoms with E-state index >= 15 is 0 Å². The first kappa shape index (κ1) is 17.6. The van der Waals surface area contributed by atoms with E-state index in [4.69, 9.17) is 4.74 Å². The Balaban J connectivity index is 1.70. The summed E-state index contributed by atoms with van der Waals surface area (Å²) < 4.78 is 5.13. The van der Waals surface area contributed by atoms with Crippen molar-refractivity contribution >= 4 is 5.91 Å². The molecule has 0 spiro atoms. The maximum atomic E-state index is 12.7. The number of nitrogens with one attached hydrogen (secondary N) is 1. The molecule has 0 unspecified atom stereocenters. The number of pyridine rings is 1. The summed E-state index contributed by atoms with van der Waals surface area (Å²) in [6.45, 7) is 0.483. The third-order valence-corrected chi connectivity index (χ3v) is 4.74. The fourth-order valence-electron chi connectivity index (χ4n) is 3.29. The Kier molecular flexibility index (Phi) is 5.79. The number of amides is 1. The Labute approximate surface area is 148 Å². The molecular weight excluding hydrogens is 316 g/mol. The first-order valence-electron chi connectivity index (χ1n) is 8.61. The molecule has 1 aliphatic carbocycles. The van der Waals surface area contributed by atoms with Gasteiger partial charge in [0, 0.05) is 31.1 Å². The van der Waals surface area contributed by atoms with E-state index in [2.05, 4.69) is 10.3 Å². The number of aliphatic hydroxyl groups is 1. The minimum atomic E-state index is -0.244. The number of methoxy groups -OCH3 is 1. The molecule has 1 aliphatic rings. The lowest BCUT2D eigenvalue weighted by atomic mass is 9.75. The van der Waals surface area contributed by atoms with Crippen LogP contribution in [0, 0.1) is 5.92 Å². The van der Waals surface area contributed by atoms with Crippen LogP contribution in [0.15, 0.2) is 48.8 Å². The molecule has 2 aromatic rings. The minimum Gasteiger partial charge on any atom is -0.393 e. The molecule has 5 nitrogen and oxygen atoms in total. The van der Waals surface area contributed by atoms with Crippen molar-refractivity contribution in [1.82, 2.24) is 10.3 Å². The molecule has 1 heterocycles. The van der Waals surface area contributed by atoms with Gasteiger partial charge in [0.1, 0.15) is 0 Å². The number of ether oxygens (including phenoxy) is 1.